The molecule has 3 rings (SSSR count). The standard InChI is InChI=1S/C20H30O2/c1-5-18(2)12-9-15-14(13-18)7-8-16-19(15,3)10-6-11-20(16,4)17(21)22/h5,13,15-16H,1,6-12H2,2-4H3,(H,21,22)/t15-,16-,18+,19+,20+/m1/s1. The molecule has 3 aliphatic carbocycles. The lowest BCUT2D eigenvalue weighted by Gasteiger charge is -2.59. The molecule has 2 nitrogen and oxygen atoms in total. The van der Waals surface area contributed by atoms with E-state index in [0.717, 1.165) is 32.1 Å². The molecular formula is C20H30O2. The van der Waals surface area contributed by atoms with Gasteiger partial charge in [-0.2, -0.15) is 0 Å². The number of rotatable bonds is 2. The van der Waals surface area contributed by atoms with Gasteiger partial charge in [0.25, 0.3) is 0 Å². The molecule has 2 saturated carbocycles. The summed E-state index contributed by atoms with van der Waals surface area (Å²) in [6, 6.07) is 0. The van der Waals surface area contributed by atoms with Gasteiger partial charge >= 0.3 is 5.97 Å². The van der Waals surface area contributed by atoms with Crippen LogP contribution >= 0.6 is 0 Å². The zero-order valence-electron chi connectivity index (χ0n) is 14.3. The van der Waals surface area contributed by atoms with E-state index in [1.54, 1.807) is 5.57 Å². The van der Waals surface area contributed by atoms with Gasteiger partial charge in [0.1, 0.15) is 0 Å². The second-order valence-electron chi connectivity index (χ2n) is 8.69. The van der Waals surface area contributed by atoms with Crippen molar-refractivity contribution in [2.45, 2.75) is 65.7 Å². The fourth-order valence-electron chi connectivity index (χ4n) is 5.94. The maximum atomic E-state index is 12.0. The van der Waals surface area contributed by atoms with Gasteiger partial charge in [0, 0.05) is 5.41 Å². The predicted octanol–water partition coefficient (Wildman–Crippen LogP) is 5.21. The first kappa shape index (κ1) is 15.8. The molecule has 0 heterocycles. The summed E-state index contributed by atoms with van der Waals surface area (Å²) in [5.74, 6) is 0.322. The molecule has 0 aromatic heterocycles. The summed E-state index contributed by atoms with van der Waals surface area (Å²) in [5, 5.41) is 9.84. The van der Waals surface area contributed by atoms with Crippen molar-refractivity contribution in [2.24, 2.45) is 28.1 Å². The van der Waals surface area contributed by atoms with E-state index in [9.17, 15) is 9.90 Å². The molecule has 0 radical (unpaired) electrons. The summed E-state index contributed by atoms with van der Waals surface area (Å²) in [6.07, 6.45) is 12.1. The molecule has 5 atom stereocenters. The molecule has 122 valence electrons. The van der Waals surface area contributed by atoms with Crippen LogP contribution in [-0.2, 0) is 4.79 Å². The molecule has 0 aromatic rings. The number of allylic oxidation sites excluding steroid dienone is 3. The Morgan fingerprint density at radius 2 is 2.00 bits per heavy atom. The van der Waals surface area contributed by atoms with Crippen LogP contribution in [0.5, 0.6) is 0 Å². The first-order valence-electron chi connectivity index (χ1n) is 8.84. The highest BCUT2D eigenvalue weighted by atomic mass is 16.4. The van der Waals surface area contributed by atoms with Crippen molar-refractivity contribution in [3.05, 3.63) is 24.3 Å². The summed E-state index contributed by atoms with van der Waals surface area (Å²) < 4.78 is 0. The fourth-order valence-corrected chi connectivity index (χ4v) is 5.94. The number of carbonyl (C=O) groups is 1. The third kappa shape index (κ3) is 2.10. The Morgan fingerprint density at radius 1 is 1.27 bits per heavy atom. The second-order valence-corrected chi connectivity index (χ2v) is 8.69. The van der Waals surface area contributed by atoms with Gasteiger partial charge in [-0.1, -0.05) is 38.0 Å². The van der Waals surface area contributed by atoms with Crippen LogP contribution in [0.3, 0.4) is 0 Å². The molecule has 0 spiro atoms. The lowest BCUT2D eigenvalue weighted by Crippen LogP contribution is -2.54. The van der Waals surface area contributed by atoms with Gasteiger partial charge in [-0.3, -0.25) is 4.79 Å². The zero-order valence-corrected chi connectivity index (χ0v) is 14.3. The van der Waals surface area contributed by atoms with E-state index in [4.69, 9.17) is 0 Å². The van der Waals surface area contributed by atoms with Crippen LogP contribution in [0.4, 0.5) is 0 Å². The fraction of sp³-hybridized carbons (Fsp3) is 0.750. The molecular weight excluding hydrogens is 272 g/mol. The highest BCUT2D eigenvalue weighted by molar-refractivity contribution is 5.75. The highest BCUT2D eigenvalue weighted by Crippen LogP contribution is 2.63. The summed E-state index contributed by atoms with van der Waals surface area (Å²) in [5.41, 5.74) is 1.36. The molecule has 1 N–H and O–H groups in total. The molecule has 3 aliphatic rings. The van der Waals surface area contributed by atoms with E-state index in [1.807, 2.05) is 6.92 Å². The number of hydrogen-bond acceptors (Lipinski definition) is 1. The van der Waals surface area contributed by atoms with Gasteiger partial charge in [0.05, 0.1) is 5.41 Å². The van der Waals surface area contributed by atoms with Gasteiger partial charge in [-0.25, -0.2) is 0 Å². The Bertz CT molecular complexity index is 534. The molecule has 0 aromatic carbocycles. The van der Waals surface area contributed by atoms with Crippen LogP contribution in [0, 0.1) is 28.1 Å². The monoisotopic (exact) mass is 302 g/mol. The maximum Gasteiger partial charge on any atom is 0.309 e. The number of aliphatic carboxylic acids is 1. The lowest BCUT2D eigenvalue weighted by atomic mass is 9.45. The Balaban J connectivity index is 1.99. The average molecular weight is 302 g/mol. The highest BCUT2D eigenvalue weighted by Gasteiger charge is 2.58. The van der Waals surface area contributed by atoms with Gasteiger partial charge in [0.2, 0.25) is 0 Å². The lowest BCUT2D eigenvalue weighted by molar-refractivity contribution is -0.164. The maximum absolute atomic E-state index is 12.0. The van der Waals surface area contributed by atoms with Crippen LogP contribution in [-0.4, -0.2) is 11.1 Å². The van der Waals surface area contributed by atoms with Crippen LogP contribution in [0.1, 0.15) is 65.7 Å². The van der Waals surface area contributed by atoms with Crippen LogP contribution in [0.25, 0.3) is 0 Å². The molecule has 0 aliphatic heterocycles. The minimum absolute atomic E-state index is 0.139. The summed E-state index contributed by atoms with van der Waals surface area (Å²) in [7, 11) is 0. The summed E-state index contributed by atoms with van der Waals surface area (Å²) in [6.45, 7) is 10.7. The Kier molecular flexibility index (Phi) is 3.58. The topological polar surface area (TPSA) is 37.3 Å². The Hall–Kier alpha value is -1.05. The zero-order chi connectivity index (χ0) is 16.2. The van der Waals surface area contributed by atoms with Crippen molar-refractivity contribution in [3.8, 4) is 0 Å². The summed E-state index contributed by atoms with van der Waals surface area (Å²) in [4.78, 5) is 12.0. The first-order valence-corrected chi connectivity index (χ1v) is 8.84. The molecule has 2 fully saturated rings. The van der Waals surface area contributed by atoms with Crippen molar-refractivity contribution in [2.75, 3.05) is 0 Å². The predicted molar refractivity (Wildman–Crippen MR) is 89.5 cm³/mol. The van der Waals surface area contributed by atoms with E-state index >= 15 is 0 Å². The largest absolute Gasteiger partial charge is 0.481 e. The molecule has 0 unspecified atom stereocenters. The van der Waals surface area contributed by atoms with Gasteiger partial charge in [-0.15, -0.1) is 6.58 Å². The number of hydrogen-bond donors (Lipinski definition) is 1. The van der Waals surface area contributed by atoms with E-state index in [-0.39, 0.29) is 10.8 Å². The first-order chi connectivity index (χ1) is 10.3. The smallest absolute Gasteiger partial charge is 0.309 e. The minimum atomic E-state index is -0.581. The number of fused-ring (bicyclic) bond motifs is 3. The SMILES string of the molecule is C=C[C@]1(C)C=C2CC[C@@H]3[C@@](C)(CCC[C@]3(C)C(=O)O)[C@@H]2CC1. The van der Waals surface area contributed by atoms with Gasteiger partial charge in [0.15, 0.2) is 0 Å². The van der Waals surface area contributed by atoms with Crippen molar-refractivity contribution in [1.82, 2.24) is 0 Å². The Labute approximate surface area is 134 Å². The van der Waals surface area contributed by atoms with E-state index in [1.165, 1.54) is 12.8 Å². The number of carboxylic acids is 1. The third-order valence-electron chi connectivity index (χ3n) is 7.38. The third-order valence-corrected chi connectivity index (χ3v) is 7.38. The normalized spacial score (nSPS) is 47.9. The Morgan fingerprint density at radius 3 is 2.64 bits per heavy atom. The molecule has 22 heavy (non-hydrogen) atoms. The van der Waals surface area contributed by atoms with Crippen LogP contribution < -0.4 is 0 Å². The molecule has 0 saturated heterocycles. The van der Waals surface area contributed by atoms with E-state index in [2.05, 4.69) is 32.6 Å². The second kappa shape index (κ2) is 4.97. The molecule has 0 amide bonds. The molecule has 2 heteroatoms. The van der Waals surface area contributed by atoms with Crippen LogP contribution in [0.2, 0.25) is 0 Å². The molecule has 0 bridgehead atoms. The average Bonchev–Trinajstić information content (AvgIpc) is 2.46. The minimum Gasteiger partial charge on any atom is -0.481 e. The van der Waals surface area contributed by atoms with Gasteiger partial charge < -0.3 is 5.11 Å². The van der Waals surface area contributed by atoms with Crippen LogP contribution in [0.15, 0.2) is 24.3 Å². The van der Waals surface area contributed by atoms with Gasteiger partial charge in [-0.05, 0) is 62.7 Å². The van der Waals surface area contributed by atoms with Crippen molar-refractivity contribution >= 4 is 5.97 Å². The van der Waals surface area contributed by atoms with Crippen molar-refractivity contribution in [3.63, 3.8) is 0 Å². The summed E-state index contributed by atoms with van der Waals surface area (Å²) >= 11 is 0. The van der Waals surface area contributed by atoms with E-state index in [0.29, 0.717) is 11.8 Å². The van der Waals surface area contributed by atoms with E-state index < -0.39 is 11.4 Å². The van der Waals surface area contributed by atoms with Crippen molar-refractivity contribution in [1.29, 1.82) is 0 Å². The number of carboxylic acid groups (broad SMARTS) is 1. The quantitative estimate of drug-likeness (QED) is 0.711. The van der Waals surface area contributed by atoms with Crippen molar-refractivity contribution < 1.29 is 9.90 Å².